The highest BCUT2D eigenvalue weighted by Gasteiger charge is 2.47. The molecule has 0 fully saturated rings. The van der Waals surface area contributed by atoms with E-state index in [2.05, 4.69) is 17.0 Å². The zero-order valence-electron chi connectivity index (χ0n) is 14.5. The van der Waals surface area contributed by atoms with Gasteiger partial charge in [0.05, 0.1) is 11.3 Å². The number of hydrogen-bond acceptors (Lipinski definition) is 6. The lowest BCUT2D eigenvalue weighted by molar-refractivity contribution is -0.132. The molecule has 9 heteroatoms. The van der Waals surface area contributed by atoms with Crippen LogP contribution >= 0.6 is 0 Å². The highest BCUT2D eigenvalue weighted by molar-refractivity contribution is 7.92. The van der Waals surface area contributed by atoms with Crippen molar-refractivity contribution in [3.63, 3.8) is 0 Å². The van der Waals surface area contributed by atoms with E-state index in [4.69, 9.17) is 10.0 Å². The molecule has 2 rings (SSSR count). The van der Waals surface area contributed by atoms with Gasteiger partial charge in [-0.05, 0) is 26.0 Å². The monoisotopic (exact) mass is 382 g/mol. The average Bonchev–Trinajstić information content (AvgIpc) is 3.03. The van der Waals surface area contributed by atoms with Crippen molar-refractivity contribution in [1.82, 2.24) is 5.48 Å². The average molecular weight is 382 g/mol. The number of nitrogens with one attached hydrogen (secondary N) is 1. The largest absolute Gasteiger partial charge is 0.392 e. The summed E-state index contributed by atoms with van der Waals surface area (Å²) in [6, 6.07) is 4.45. The van der Waals surface area contributed by atoms with Crippen molar-refractivity contribution >= 4 is 21.5 Å². The zero-order chi connectivity index (χ0) is 19.5. The number of hydroxylamine groups is 1. The third kappa shape index (κ3) is 3.86. The molecule has 1 aromatic carbocycles. The Hall–Kier alpha value is -2.44. The maximum atomic E-state index is 14.0. The summed E-state index contributed by atoms with van der Waals surface area (Å²) >= 11 is 0. The molecular formula is C17H19FN2O5S. The number of amides is 1. The fraction of sp³-hybridized carbons (Fsp3) is 0.412. The Morgan fingerprint density at radius 3 is 2.77 bits per heavy atom. The molecule has 0 bridgehead atoms. The van der Waals surface area contributed by atoms with Crippen molar-refractivity contribution in [1.29, 1.82) is 0 Å². The van der Waals surface area contributed by atoms with E-state index < -0.39 is 32.4 Å². The number of sulfone groups is 1. The van der Waals surface area contributed by atoms with Crippen LogP contribution in [-0.4, -0.2) is 42.4 Å². The summed E-state index contributed by atoms with van der Waals surface area (Å²) in [7, 11) is -3.84. The molecule has 26 heavy (non-hydrogen) atoms. The SMILES string of the molecule is CC#Cc1ccc(C2=NOC(CC(C)(C(=O)NO)S(C)(=O)=O)C2)cc1F. The number of halogens is 1. The Bertz CT molecular complexity index is 917. The number of nitrogens with zero attached hydrogens (tertiary/aromatic N) is 1. The number of rotatable bonds is 5. The van der Waals surface area contributed by atoms with Crippen molar-refractivity contribution < 1.29 is 27.6 Å². The Morgan fingerprint density at radius 1 is 1.54 bits per heavy atom. The van der Waals surface area contributed by atoms with Gasteiger partial charge in [0.15, 0.2) is 14.6 Å². The van der Waals surface area contributed by atoms with Gasteiger partial charge >= 0.3 is 0 Å². The van der Waals surface area contributed by atoms with Gasteiger partial charge in [-0.3, -0.25) is 10.0 Å². The van der Waals surface area contributed by atoms with Crippen LogP contribution in [0, 0.1) is 17.7 Å². The molecule has 1 aliphatic rings. The lowest BCUT2D eigenvalue weighted by Crippen LogP contribution is -2.51. The molecular weight excluding hydrogens is 363 g/mol. The summed E-state index contributed by atoms with van der Waals surface area (Å²) in [5.41, 5.74) is 2.56. The van der Waals surface area contributed by atoms with Crippen molar-refractivity contribution in [3.8, 4) is 11.8 Å². The van der Waals surface area contributed by atoms with Crippen LogP contribution in [-0.2, 0) is 19.5 Å². The van der Waals surface area contributed by atoms with E-state index in [-0.39, 0.29) is 18.4 Å². The molecule has 1 amide bonds. The van der Waals surface area contributed by atoms with Crippen LogP contribution in [0.15, 0.2) is 23.4 Å². The summed E-state index contributed by atoms with van der Waals surface area (Å²) in [4.78, 5) is 17.1. The van der Waals surface area contributed by atoms with Gasteiger partial charge in [0.25, 0.3) is 5.91 Å². The van der Waals surface area contributed by atoms with E-state index in [1.165, 1.54) is 24.5 Å². The zero-order valence-corrected chi connectivity index (χ0v) is 15.4. The number of carbonyl (C=O) groups excluding carboxylic acids is 1. The van der Waals surface area contributed by atoms with Crippen LogP contribution in [0.5, 0.6) is 0 Å². The highest BCUT2D eigenvalue weighted by Crippen LogP contribution is 2.29. The second-order valence-corrected chi connectivity index (χ2v) is 8.63. The van der Waals surface area contributed by atoms with Crippen LogP contribution < -0.4 is 5.48 Å². The van der Waals surface area contributed by atoms with Gasteiger partial charge < -0.3 is 4.84 Å². The van der Waals surface area contributed by atoms with Crippen molar-refractivity contribution in [2.75, 3.05) is 6.26 Å². The van der Waals surface area contributed by atoms with Gasteiger partial charge in [0.1, 0.15) is 11.9 Å². The van der Waals surface area contributed by atoms with Crippen molar-refractivity contribution in [2.45, 2.75) is 37.5 Å². The smallest absolute Gasteiger partial charge is 0.264 e. The van der Waals surface area contributed by atoms with Gasteiger partial charge in [-0.1, -0.05) is 17.1 Å². The first-order chi connectivity index (χ1) is 12.1. The summed E-state index contributed by atoms with van der Waals surface area (Å²) < 4.78 is 36.1. The van der Waals surface area contributed by atoms with E-state index >= 15 is 0 Å². The molecule has 2 atom stereocenters. The van der Waals surface area contributed by atoms with Crippen LogP contribution in [0.3, 0.4) is 0 Å². The van der Waals surface area contributed by atoms with Crippen molar-refractivity contribution in [2.24, 2.45) is 5.16 Å². The number of benzene rings is 1. The van der Waals surface area contributed by atoms with Gasteiger partial charge in [0, 0.05) is 24.7 Å². The normalized spacial score (nSPS) is 18.8. The van der Waals surface area contributed by atoms with Crippen LogP contribution in [0.4, 0.5) is 4.39 Å². The van der Waals surface area contributed by atoms with Gasteiger partial charge in [0.2, 0.25) is 0 Å². The molecule has 2 N–H and O–H groups in total. The number of hydrogen-bond donors (Lipinski definition) is 2. The molecule has 0 radical (unpaired) electrons. The van der Waals surface area contributed by atoms with E-state index in [1.807, 2.05) is 0 Å². The predicted molar refractivity (Wildman–Crippen MR) is 92.8 cm³/mol. The third-order valence-corrected chi connectivity index (χ3v) is 6.30. The molecule has 1 aromatic rings. The molecule has 1 heterocycles. The number of carbonyl (C=O) groups is 1. The highest BCUT2D eigenvalue weighted by atomic mass is 32.2. The Kier molecular flexibility index (Phi) is 5.68. The second-order valence-electron chi connectivity index (χ2n) is 6.19. The van der Waals surface area contributed by atoms with E-state index in [0.29, 0.717) is 11.3 Å². The second kappa shape index (κ2) is 7.43. The molecule has 140 valence electrons. The first-order valence-electron chi connectivity index (χ1n) is 7.72. The molecule has 0 aliphatic carbocycles. The minimum Gasteiger partial charge on any atom is -0.392 e. The number of oxime groups is 1. The molecule has 0 aromatic heterocycles. The Morgan fingerprint density at radius 2 is 2.23 bits per heavy atom. The minimum atomic E-state index is -3.84. The summed E-state index contributed by atoms with van der Waals surface area (Å²) in [6.07, 6.45) is 0.178. The molecule has 7 nitrogen and oxygen atoms in total. The fourth-order valence-electron chi connectivity index (χ4n) is 2.60. The van der Waals surface area contributed by atoms with Crippen LogP contribution in [0.2, 0.25) is 0 Å². The fourth-order valence-corrected chi connectivity index (χ4v) is 3.48. The molecule has 0 spiro atoms. The maximum absolute atomic E-state index is 14.0. The quantitative estimate of drug-likeness (QED) is 0.455. The lowest BCUT2D eigenvalue weighted by Gasteiger charge is -2.26. The minimum absolute atomic E-state index is 0.196. The Labute approximate surface area is 151 Å². The predicted octanol–water partition coefficient (Wildman–Crippen LogP) is 1.39. The standard InChI is InChI=1S/C17H19FN2O5S/c1-4-5-11-6-7-12(8-14(11)18)15-9-13(25-20-15)10-17(2,16(21)19-22)26(3,23)24/h6-8,13,22H,9-10H2,1-3H3,(H,19,21). The lowest BCUT2D eigenvalue weighted by atomic mass is 9.96. The summed E-state index contributed by atoms with van der Waals surface area (Å²) in [5.74, 6) is 3.71. The van der Waals surface area contributed by atoms with Crippen LogP contribution in [0.25, 0.3) is 0 Å². The molecule has 0 saturated carbocycles. The van der Waals surface area contributed by atoms with Crippen molar-refractivity contribution in [3.05, 3.63) is 35.1 Å². The Balaban J connectivity index is 2.18. The van der Waals surface area contributed by atoms with E-state index in [9.17, 15) is 17.6 Å². The van der Waals surface area contributed by atoms with Gasteiger partial charge in [-0.25, -0.2) is 18.3 Å². The van der Waals surface area contributed by atoms with Gasteiger partial charge in [-0.15, -0.1) is 5.92 Å². The summed E-state index contributed by atoms with van der Waals surface area (Å²) in [5, 5.41) is 12.7. The van der Waals surface area contributed by atoms with Crippen LogP contribution in [0.1, 0.15) is 37.8 Å². The van der Waals surface area contributed by atoms with E-state index in [1.54, 1.807) is 13.0 Å². The van der Waals surface area contributed by atoms with E-state index in [0.717, 1.165) is 6.26 Å². The third-order valence-electron chi connectivity index (χ3n) is 4.31. The molecule has 0 saturated heterocycles. The van der Waals surface area contributed by atoms with Gasteiger partial charge in [-0.2, -0.15) is 0 Å². The topological polar surface area (TPSA) is 105 Å². The maximum Gasteiger partial charge on any atom is 0.264 e. The molecule has 1 aliphatic heterocycles. The first-order valence-corrected chi connectivity index (χ1v) is 9.61. The molecule has 2 unspecified atom stereocenters. The first kappa shape index (κ1) is 19.9. The summed E-state index contributed by atoms with van der Waals surface area (Å²) in [6.45, 7) is 2.81.